The molecule has 0 aliphatic heterocycles. The second-order valence-corrected chi connectivity index (χ2v) is 4.52. The van der Waals surface area contributed by atoms with E-state index in [4.69, 9.17) is 5.11 Å². The van der Waals surface area contributed by atoms with E-state index in [1.165, 1.54) is 0 Å². The van der Waals surface area contributed by atoms with Crippen molar-refractivity contribution in [1.82, 2.24) is 0 Å². The van der Waals surface area contributed by atoms with Crippen LogP contribution in [0.3, 0.4) is 0 Å². The Labute approximate surface area is 108 Å². The van der Waals surface area contributed by atoms with Crippen molar-refractivity contribution in [3.05, 3.63) is 34.9 Å². The van der Waals surface area contributed by atoms with Crippen molar-refractivity contribution in [3.8, 4) is 0 Å². The van der Waals surface area contributed by atoms with Crippen LogP contribution in [0.5, 0.6) is 0 Å². The number of benzene rings is 1. The lowest BCUT2D eigenvalue weighted by atomic mass is 9.98. The molecule has 3 N–H and O–H groups in total. The first-order valence-corrected chi connectivity index (χ1v) is 6.41. The Morgan fingerprint density at radius 2 is 2.12 bits per heavy atom. The van der Waals surface area contributed by atoms with E-state index >= 15 is 0 Å². The van der Waals surface area contributed by atoms with Crippen LogP contribution in [0.25, 0.3) is 0 Å². The van der Waals surface area contributed by atoms with E-state index < -0.39 is 12.1 Å². The minimum atomic E-state index is -1.58. The van der Waals surface area contributed by atoms with Gasteiger partial charge in [0.1, 0.15) is 0 Å². The summed E-state index contributed by atoms with van der Waals surface area (Å²) in [7, 11) is 0. The van der Waals surface area contributed by atoms with Gasteiger partial charge in [-0.25, -0.2) is 4.79 Å². The lowest BCUT2D eigenvalue weighted by Gasteiger charge is -2.12. The molecule has 1 atom stereocenters. The summed E-state index contributed by atoms with van der Waals surface area (Å²) in [4.78, 5) is 10.7. The highest BCUT2D eigenvalue weighted by atomic mass is 79.9. The Bertz CT molecular complexity index is 392. The van der Waals surface area contributed by atoms with Crippen molar-refractivity contribution >= 4 is 21.9 Å². The molecule has 0 spiro atoms. The van der Waals surface area contributed by atoms with Crippen LogP contribution in [0.1, 0.15) is 29.2 Å². The van der Waals surface area contributed by atoms with Gasteiger partial charge in [0.25, 0.3) is 0 Å². The Kier molecular flexibility index (Phi) is 5.61. The second kappa shape index (κ2) is 6.74. The first kappa shape index (κ1) is 14.2. The Morgan fingerprint density at radius 3 is 2.65 bits per heavy atom. The number of aliphatic hydroxyl groups is 2. The second-order valence-electron chi connectivity index (χ2n) is 3.72. The molecule has 0 aromatic heterocycles. The van der Waals surface area contributed by atoms with Crippen molar-refractivity contribution in [3.63, 3.8) is 0 Å². The first-order valence-electron chi connectivity index (χ1n) is 5.29. The average Bonchev–Trinajstić information content (AvgIpc) is 2.34. The molecule has 5 heteroatoms. The molecular formula is C12H15BrO4. The van der Waals surface area contributed by atoms with Crippen LogP contribution in [-0.4, -0.2) is 26.6 Å². The van der Waals surface area contributed by atoms with E-state index in [2.05, 4.69) is 15.9 Å². The summed E-state index contributed by atoms with van der Waals surface area (Å²) in [5.41, 5.74) is 1.74. The molecule has 0 aliphatic carbocycles. The predicted octanol–water partition coefficient (Wildman–Crippen LogP) is 1.62. The smallest absolute Gasteiger partial charge is 0.337 e. The van der Waals surface area contributed by atoms with Crippen molar-refractivity contribution in [2.75, 3.05) is 5.33 Å². The van der Waals surface area contributed by atoms with E-state index in [1.807, 2.05) is 0 Å². The number of aliphatic hydroxyl groups excluding tert-OH is 2. The molecule has 0 bridgehead atoms. The number of carboxylic acid groups (broad SMARTS) is 1. The molecule has 0 heterocycles. The molecule has 0 aliphatic rings. The maximum Gasteiger partial charge on any atom is 0.337 e. The van der Waals surface area contributed by atoms with Crippen molar-refractivity contribution in [2.45, 2.75) is 25.6 Å². The molecule has 0 amide bonds. The molecule has 1 aromatic rings. The van der Waals surface area contributed by atoms with Gasteiger partial charge in [0, 0.05) is 5.33 Å². The standard InChI is InChI=1S/C12H15BrO4/c13-5-1-2-8-3-4-10(9(6-8)7-14)11(15)12(16)17/h3-4,6,11,14-15H,1-2,5,7H2,(H,16,17). The van der Waals surface area contributed by atoms with E-state index in [0.29, 0.717) is 5.56 Å². The summed E-state index contributed by atoms with van der Waals surface area (Å²) < 4.78 is 0. The highest BCUT2D eigenvalue weighted by Gasteiger charge is 2.19. The van der Waals surface area contributed by atoms with Crippen molar-refractivity contribution < 1.29 is 20.1 Å². The van der Waals surface area contributed by atoms with Crippen LogP contribution in [-0.2, 0) is 17.8 Å². The van der Waals surface area contributed by atoms with Gasteiger partial charge < -0.3 is 15.3 Å². The Morgan fingerprint density at radius 1 is 1.41 bits per heavy atom. The normalized spacial score (nSPS) is 12.4. The zero-order valence-electron chi connectivity index (χ0n) is 9.27. The van der Waals surface area contributed by atoms with Gasteiger partial charge in [0.05, 0.1) is 6.61 Å². The van der Waals surface area contributed by atoms with E-state index in [1.54, 1.807) is 18.2 Å². The number of aliphatic carboxylic acids is 1. The fourth-order valence-corrected chi connectivity index (χ4v) is 1.90. The monoisotopic (exact) mass is 302 g/mol. The quantitative estimate of drug-likeness (QED) is 0.698. The van der Waals surface area contributed by atoms with E-state index in [0.717, 1.165) is 23.7 Å². The molecule has 1 unspecified atom stereocenters. The van der Waals surface area contributed by atoms with Crippen LogP contribution in [0.4, 0.5) is 0 Å². The maximum absolute atomic E-state index is 10.7. The number of rotatable bonds is 6. The molecule has 0 saturated carbocycles. The molecule has 0 fully saturated rings. The number of hydrogen-bond donors (Lipinski definition) is 3. The lowest BCUT2D eigenvalue weighted by molar-refractivity contribution is -0.147. The fraction of sp³-hybridized carbons (Fsp3) is 0.417. The Balaban J connectivity index is 2.96. The van der Waals surface area contributed by atoms with Crippen LogP contribution in [0.15, 0.2) is 18.2 Å². The number of alkyl halides is 1. The summed E-state index contributed by atoms with van der Waals surface area (Å²) in [5, 5.41) is 28.3. The molecule has 17 heavy (non-hydrogen) atoms. The zero-order valence-corrected chi connectivity index (χ0v) is 10.9. The van der Waals surface area contributed by atoms with Gasteiger partial charge in [0.15, 0.2) is 6.10 Å². The highest BCUT2D eigenvalue weighted by molar-refractivity contribution is 9.09. The van der Waals surface area contributed by atoms with Gasteiger partial charge in [-0.1, -0.05) is 34.1 Å². The third-order valence-corrected chi connectivity index (χ3v) is 3.07. The minimum Gasteiger partial charge on any atom is -0.479 e. The molecule has 1 aromatic carbocycles. The van der Waals surface area contributed by atoms with Crippen LogP contribution < -0.4 is 0 Å². The molecule has 94 valence electrons. The lowest BCUT2D eigenvalue weighted by Crippen LogP contribution is -2.13. The average molecular weight is 303 g/mol. The number of aryl methyl sites for hydroxylation is 1. The largest absolute Gasteiger partial charge is 0.479 e. The van der Waals surface area contributed by atoms with Crippen LogP contribution in [0, 0.1) is 0 Å². The number of halogens is 1. The number of carboxylic acids is 1. The van der Waals surface area contributed by atoms with Gasteiger partial charge in [-0.3, -0.25) is 0 Å². The van der Waals surface area contributed by atoms with Gasteiger partial charge in [-0.05, 0) is 29.5 Å². The van der Waals surface area contributed by atoms with Gasteiger partial charge >= 0.3 is 5.97 Å². The number of carbonyl (C=O) groups is 1. The summed E-state index contributed by atoms with van der Waals surface area (Å²) >= 11 is 3.33. The van der Waals surface area contributed by atoms with Crippen LogP contribution >= 0.6 is 15.9 Å². The molecule has 4 nitrogen and oxygen atoms in total. The zero-order chi connectivity index (χ0) is 12.8. The molecule has 0 radical (unpaired) electrons. The molecule has 0 saturated heterocycles. The minimum absolute atomic E-state index is 0.252. The van der Waals surface area contributed by atoms with Gasteiger partial charge in [-0.2, -0.15) is 0 Å². The van der Waals surface area contributed by atoms with Crippen molar-refractivity contribution in [2.24, 2.45) is 0 Å². The topological polar surface area (TPSA) is 77.8 Å². The molecular weight excluding hydrogens is 288 g/mol. The predicted molar refractivity (Wildman–Crippen MR) is 67.1 cm³/mol. The molecule has 1 rings (SSSR count). The highest BCUT2D eigenvalue weighted by Crippen LogP contribution is 2.21. The third-order valence-electron chi connectivity index (χ3n) is 2.51. The summed E-state index contributed by atoms with van der Waals surface area (Å²) in [6, 6.07) is 5.08. The summed E-state index contributed by atoms with van der Waals surface area (Å²) in [5.74, 6) is -1.31. The van der Waals surface area contributed by atoms with E-state index in [9.17, 15) is 15.0 Å². The van der Waals surface area contributed by atoms with Crippen LogP contribution in [0.2, 0.25) is 0 Å². The SMILES string of the molecule is O=C(O)C(O)c1ccc(CCCBr)cc1CO. The Hall–Kier alpha value is -0.910. The number of hydrogen-bond acceptors (Lipinski definition) is 3. The maximum atomic E-state index is 10.7. The first-order chi connectivity index (χ1) is 8.10. The van der Waals surface area contributed by atoms with Gasteiger partial charge in [-0.15, -0.1) is 0 Å². The van der Waals surface area contributed by atoms with E-state index in [-0.39, 0.29) is 12.2 Å². The van der Waals surface area contributed by atoms with Gasteiger partial charge in [0.2, 0.25) is 0 Å². The third kappa shape index (κ3) is 3.80. The summed E-state index contributed by atoms with van der Waals surface area (Å²) in [6.45, 7) is -0.276. The fourth-order valence-electron chi connectivity index (χ4n) is 1.62. The van der Waals surface area contributed by atoms with Crippen molar-refractivity contribution in [1.29, 1.82) is 0 Å². The summed E-state index contributed by atoms with van der Waals surface area (Å²) in [6.07, 6.45) is 0.232.